The standard InChI is InChI=1S/C42H30N4/c1-42(2)34-19-11-9-18-33(34)37-35(42)26-25-32-31-17-10-12-20-36(31)46(38(32)37)41-44-39(29-15-7-4-8-16-29)43-40(45-41)30-23-21-28(22-24-30)27-13-5-3-6-14-27/h3-26H,1-2H3. The van der Waals surface area contributed by atoms with Crippen LogP contribution in [-0.4, -0.2) is 19.5 Å². The van der Waals surface area contributed by atoms with Crippen LogP contribution in [0.4, 0.5) is 0 Å². The van der Waals surface area contributed by atoms with Gasteiger partial charge < -0.3 is 0 Å². The molecule has 1 aliphatic carbocycles. The van der Waals surface area contributed by atoms with E-state index in [0.29, 0.717) is 17.6 Å². The van der Waals surface area contributed by atoms with Crippen molar-refractivity contribution >= 4 is 21.8 Å². The van der Waals surface area contributed by atoms with E-state index in [9.17, 15) is 0 Å². The molecule has 4 nitrogen and oxygen atoms in total. The summed E-state index contributed by atoms with van der Waals surface area (Å²) in [6.45, 7) is 4.65. The zero-order valence-electron chi connectivity index (χ0n) is 25.6. The monoisotopic (exact) mass is 590 g/mol. The van der Waals surface area contributed by atoms with Crippen molar-refractivity contribution < 1.29 is 0 Å². The molecular weight excluding hydrogens is 560 g/mol. The SMILES string of the molecule is CC1(C)c2ccccc2-c2c1ccc1c3ccccc3n(-c3nc(-c4ccccc4)nc(-c4ccc(-c5ccccc5)cc4)n3)c21. The third kappa shape index (κ3) is 3.97. The number of rotatable bonds is 4. The van der Waals surface area contributed by atoms with Gasteiger partial charge in [0.05, 0.1) is 11.0 Å². The Morgan fingerprint density at radius 2 is 1.02 bits per heavy atom. The Morgan fingerprint density at radius 1 is 0.457 bits per heavy atom. The minimum Gasteiger partial charge on any atom is -0.277 e. The summed E-state index contributed by atoms with van der Waals surface area (Å²) >= 11 is 0. The van der Waals surface area contributed by atoms with E-state index in [2.05, 4.69) is 140 Å². The highest BCUT2D eigenvalue weighted by molar-refractivity contribution is 6.15. The number of hydrogen-bond acceptors (Lipinski definition) is 3. The van der Waals surface area contributed by atoms with Gasteiger partial charge in [-0.15, -0.1) is 0 Å². The lowest BCUT2D eigenvalue weighted by molar-refractivity contribution is 0.660. The highest BCUT2D eigenvalue weighted by Gasteiger charge is 2.37. The lowest BCUT2D eigenvalue weighted by Gasteiger charge is -2.21. The van der Waals surface area contributed by atoms with Gasteiger partial charge in [0.1, 0.15) is 0 Å². The number of nitrogens with zero attached hydrogens (tertiary/aromatic N) is 4. The van der Waals surface area contributed by atoms with Crippen LogP contribution in [0.15, 0.2) is 146 Å². The third-order valence-corrected chi connectivity index (χ3v) is 9.49. The highest BCUT2D eigenvalue weighted by Crippen LogP contribution is 2.52. The predicted molar refractivity (Wildman–Crippen MR) is 188 cm³/mol. The van der Waals surface area contributed by atoms with Crippen LogP contribution in [0.25, 0.3) is 72.8 Å². The molecule has 0 amide bonds. The third-order valence-electron chi connectivity index (χ3n) is 9.49. The molecule has 218 valence electrons. The Balaban J connectivity index is 1.34. The van der Waals surface area contributed by atoms with Crippen molar-refractivity contribution in [3.05, 3.63) is 157 Å². The molecule has 0 saturated carbocycles. The summed E-state index contributed by atoms with van der Waals surface area (Å²) < 4.78 is 2.26. The van der Waals surface area contributed by atoms with Gasteiger partial charge in [-0.1, -0.05) is 153 Å². The van der Waals surface area contributed by atoms with Gasteiger partial charge in [0.15, 0.2) is 11.6 Å². The van der Waals surface area contributed by atoms with E-state index in [-0.39, 0.29) is 5.41 Å². The van der Waals surface area contributed by atoms with E-state index in [1.165, 1.54) is 38.6 Å². The average molecular weight is 591 g/mol. The first-order valence-corrected chi connectivity index (χ1v) is 15.7. The highest BCUT2D eigenvalue weighted by atomic mass is 15.2. The average Bonchev–Trinajstić information content (AvgIpc) is 3.58. The van der Waals surface area contributed by atoms with E-state index in [0.717, 1.165) is 27.7 Å². The molecule has 0 fully saturated rings. The summed E-state index contributed by atoms with van der Waals surface area (Å²) in [4.78, 5) is 15.5. The van der Waals surface area contributed by atoms with Crippen molar-refractivity contribution in [2.24, 2.45) is 0 Å². The van der Waals surface area contributed by atoms with Crippen molar-refractivity contribution in [1.82, 2.24) is 19.5 Å². The summed E-state index contributed by atoms with van der Waals surface area (Å²) in [7, 11) is 0. The largest absolute Gasteiger partial charge is 0.277 e. The van der Waals surface area contributed by atoms with E-state index < -0.39 is 0 Å². The number of hydrogen-bond donors (Lipinski definition) is 0. The van der Waals surface area contributed by atoms with Gasteiger partial charge >= 0.3 is 0 Å². The van der Waals surface area contributed by atoms with Gasteiger partial charge in [0.25, 0.3) is 0 Å². The number of para-hydroxylation sites is 1. The van der Waals surface area contributed by atoms with Gasteiger partial charge in [0, 0.05) is 32.9 Å². The van der Waals surface area contributed by atoms with Crippen LogP contribution >= 0.6 is 0 Å². The first kappa shape index (κ1) is 26.5. The molecule has 6 aromatic carbocycles. The quantitative estimate of drug-likeness (QED) is 0.205. The van der Waals surface area contributed by atoms with Crippen LogP contribution in [0, 0.1) is 0 Å². The Labute approximate surface area is 267 Å². The molecule has 2 heterocycles. The van der Waals surface area contributed by atoms with E-state index in [4.69, 9.17) is 15.0 Å². The summed E-state index contributed by atoms with van der Waals surface area (Å²) in [5.41, 5.74) is 11.5. The molecule has 9 rings (SSSR count). The fourth-order valence-corrected chi connectivity index (χ4v) is 7.20. The second-order valence-electron chi connectivity index (χ2n) is 12.5. The lowest BCUT2D eigenvalue weighted by Crippen LogP contribution is -2.14. The lowest BCUT2D eigenvalue weighted by atomic mass is 9.82. The summed E-state index contributed by atoms with van der Waals surface area (Å²) in [5, 5.41) is 2.37. The topological polar surface area (TPSA) is 43.6 Å². The molecule has 4 heteroatoms. The van der Waals surface area contributed by atoms with Crippen LogP contribution in [0.2, 0.25) is 0 Å². The maximum atomic E-state index is 5.23. The summed E-state index contributed by atoms with van der Waals surface area (Å²) in [5.74, 6) is 1.90. The smallest absolute Gasteiger partial charge is 0.238 e. The molecule has 0 N–H and O–H groups in total. The van der Waals surface area contributed by atoms with Crippen molar-refractivity contribution in [2.75, 3.05) is 0 Å². The minimum atomic E-state index is -0.124. The van der Waals surface area contributed by atoms with Crippen LogP contribution in [0.5, 0.6) is 0 Å². The number of fused-ring (bicyclic) bond motifs is 7. The van der Waals surface area contributed by atoms with E-state index >= 15 is 0 Å². The molecule has 8 aromatic rings. The molecule has 2 aromatic heterocycles. The van der Waals surface area contributed by atoms with Crippen LogP contribution in [0.1, 0.15) is 25.0 Å². The molecule has 0 radical (unpaired) electrons. The van der Waals surface area contributed by atoms with Gasteiger partial charge in [-0.3, -0.25) is 4.57 Å². The Morgan fingerprint density at radius 3 is 1.76 bits per heavy atom. The van der Waals surface area contributed by atoms with Gasteiger partial charge in [-0.25, -0.2) is 4.98 Å². The van der Waals surface area contributed by atoms with Gasteiger partial charge in [0.2, 0.25) is 5.95 Å². The molecule has 0 spiro atoms. The fourth-order valence-electron chi connectivity index (χ4n) is 7.20. The molecule has 0 atom stereocenters. The summed E-state index contributed by atoms with van der Waals surface area (Å²) in [6, 6.07) is 51.1. The Hall–Kier alpha value is -5.87. The predicted octanol–water partition coefficient (Wildman–Crippen LogP) is 10.3. The first-order chi connectivity index (χ1) is 22.6. The summed E-state index contributed by atoms with van der Waals surface area (Å²) in [6.07, 6.45) is 0. The van der Waals surface area contributed by atoms with Crippen molar-refractivity contribution in [3.8, 4) is 51.0 Å². The van der Waals surface area contributed by atoms with Crippen molar-refractivity contribution in [2.45, 2.75) is 19.3 Å². The Bertz CT molecular complexity index is 2420. The molecular formula is C42H30N4. The normalized spacial score (nSPS) is 13.2. The zero-order valence-corrected chi connectivity index (χ0v) is 25.6. The second kappa shape index (κ2) is 10.1. The van der Waals surface area contributed by atoms with Gasteiger partial charge in [-0.2, -0.15) is 9.97 Å². The molecule has 0 saturated heterocycles. The van der Waals surface area contributed by atoms with Crippen LogP contribution in [0.3, 0.4) is 0 Å². The Kier molecular flexibility index (Phi) is 5.81. The van der Waals surface area contributed by atoms with Gasteiger partial charge in [-0.05, 0) is 33.9 Å². The van der Waals surface area contributed by atoms with E-state index in [1.54, 1.807) is 0 Å². The molecule has 0 unspecified atom stereocenters. The number of aromatic nitrogens is 4. The zero-order chi connectivity index (χ0) is 30.8. The minimum absolute atomic E-state index is 0.124. The second-order valence-corrected chi connectivity index (χ2v) is 12.5. The van der Waals surface area contributed by atoms with Crippen LogP contribution in [-0.2, 0) is 5.41 Å². The van der Waals surface area contributed by atoms with E-state index in [1.807, 2.05) is 24.3 Å². The maximum absolute atomic E-state index is 5.23. The van der Waals surface area contributed by atoms with Crippen molar-refractivity contribution in [3.63, 3.8) is 0 Å². The first-order valence-electron chi connectivity index (χ1n) is 15.7. The van der Waals surface area contributed by atoms with Crippen molar-refractivity contribution in [1.29, 1.82) is 0 Å². The molecule has 0 aliphatic heterocycles. The maximum Gasteiger partial charge on any atom is 0.238 e. The number of benzene rings is 6. The molecule has 1 aliphatic rings. The fraction of sp³-hybridized carbons (Fsp3) is 0.0714. The molecule has 0 bridgehead atoms. The van der Waals surface area contributed by atoms with Crippen LogP contribution < -0.4 is 0 Å². The molecule has 46 heavy (non-hydrogen) atoms.